The Morgan fingerprint density at radius 3 is 2.50 bits per heavy atom. The number of hydrogen-bond donors (Lipinski definition) is 0. The van der Waals surface area contributed by atoms with Crippen molar-refractivity contribution in [2.75, 3.05) is 6.54 Å². The summed E-state index contributed by atoms with van der Waals surface area (Å²) in [6.07, 6.45) is 2.31. The van der Waals surface area contributed by atoms with E-state index >= 15 is 0 Å². The molecule has 2 unspecified atom stereocenters. The number of hydrogen-bond acceptors (Lipinski definition) is 2. The van der Waals surface area contributed by atoms with Gasteiger partial charge in [0.05, 0.1) is 6.42 Å². The standard InChI is InChI=1S/C11H19NO2/c1-8-4-5-9(2)12(7-8)11(14)6-10(3)13/h8-9H,4-7H2,1-3H3. The molecule has 1 saturated heterocycles. The van der Waals surface area contributed by atoms with Crippen LogP contribution in [0, 0.1) is 5.92 Å². The van der Waals surface area contributed by atoms with Crippen LogP contribution in [0.2, 0.25) is 0 Å². The molecule has 1 rings (SSSR count). The van der Waals surface area contributed by atoms with Gasteiger partial charge in [0, 0.05) is 12.6 Å². The monoisotopic (exact) mass is 197 g/mol. The minimum atomic E-state index is -0.0413. The number of ketones is 1. The smallest absolute Gasteiger partial charge is 0.230 e. The van der Waals surface area contributed by atoms with E-state index in [1.165, 1.54) is 13.3 Å². The van der Waals surface area contributed by atoms with E-state index in [9.17, 15) is 9.59 Å². The summed E-state index contributed by atoms with van der Waals surface area (Å²) < 4.78 is 0. The third-order valence-electron chi connectivity index (χ3n) is 2.84. The third kappa shape index (κ3) is 2.82. The average Bonchev–Trinajstić information content (AvgIpc) is 2.08. The molecule has 2 atom stereocenters. The second-order valence-electron chi connectivity index (χ2n) is 4.46. The second-order valence-corrected chi connectivity index (χ2v) is 4.46. The minimum absolute atomic E-state index is 0.00319. The van der Waals surface area contributed by atoms with E-state index in [0.717, 1.165) is 13.0 Å². The molecule has 3 nitrogen and oxygen atoms in total. The molecule has 14 heavy (non-hydrogen) atoms. The van der Waals surface area contributed by atoms with Crippen LogP contribution in [0.4, 0.5) is 0 Å². The normalized spacial score (nSPS) is 27.5. The highest BCUT2D eigenvalue weighted by Gasteiger charge is 2.26. The lowest BCUT2D eigenvalue weighted by molar-refractivity contribution is -0.138. The van der Waals surface area contributed by atoms with Gasteiger partial charge in [-0.2, -0.15) is 0 Å². The molecule has 0 bridgehead atoms. The Balaban J connectivity index is 2.55. The topological polar surface area (TPSA) is 37.4 Å². The molecule has 1 heterocycles. The van der Waals surface area contributed by atoms with Crippen LogP contribution in [0.3, 0.4) is 0 Å². The lowest BCUT2D eigenvalue weighted by atomic mass is 9.94. The zero-order valence-electron chi connectivity index (χ0n) is 9.25. The van der Waals surface area contributed by atoms with Crippen molar-refractivity contribution in [2.24, 2.45) is 5.92 Å². The van der Waals surface area contributed by atoms with Crippen molar-refractivity contribution < 1.29 is 9.59 Å². The van der Waals surface area contributed by atoms with Gasteiger partial charge in [0.2, 0.25) is 5.91 Å². The summed E-state index contributed by atoms with van der Waals surface area (Å²) in [4.78, 5) is 24.4. The quantitative estimate of drug-likeness (QED) is 0.631. The molecule has 0 aromatic carbocycles. The highest BCUT2D eigenvalue weighted by atomic mass is 16.2. The van der Waals surface area contributed by atoms with Gasteiger partial charge >= 0.3 is 0 Å². The van der Waals surface area contributed by atoms with E-state index in [2.05, 4.69) is 13.8 Å². The van der Waals surface area contributed by atoms with Crippen LogP contribution in [0.15, 0.2) is 0 Å². The zero-order chi connectivity index (χ0) is 10.7. The largest absolute Gasteiger partial charge is 0.339 e. The van der Waals surface area contributed by atoms with Gasteiger partial charge < -0.3 is 4.90 Å². The highest BCUT2D eigenvalue weighted by Crippen LogP contribution is 2.21. The van der Waals surface area contributed by atoms with Crippen LogP contribution in [0.5, 0.6) is 0 Å². The van der Waals surface area contributed by atoms with Crippen molar-refractivity contribution in [1.29, 1.82) is 0 Å². The van der Waals surface area contributed by atoms with Gasteiger partial charge in [-0.05, 0) is 32.6 Å². The highest BCUT2D eigenvalue weighted by molar-refractivity contribution is 5.96. The van der Waals surface area contributed by atoms with Crippen LogP contribution in [0.1, 0.15) is 40.0 Å². The van der Waals surface area contributed by atoms with Crippen molar-refractivity contribution in [1.82, 2.24) is 4.90 Å². The van der Waals surface area contributed by atoms with E-state index in [4.69, 9.17) is 0 Å². The summed E-state index contributed by atoms with van der Waals surface area (Å²) >= 11 is 0. The summed E-state index contributed by atoms with van der Waals surface area (Å²) in [6, 6.07) is 0.304. The molecule has 0 aliphatic carbocycles. The average molecular weight is 197 g/mol. The van der Waals surface area contributed by atoms with Gasteiger partial charge in [-0.1, -0.05) is 6.92 Å². The molecule has 0 saturated carbocycles. The van der Waals surface area contributed by atoms with E-state index in [1.807, 2.05) is 4.90 Å². The predicted molar refractivity (Wildman–Crippen MR) is 54.9 cm³/mol. The Bertz CT molecular complexity index is 237. The maximum absolute atomic E-state index is 11.7. The third-order valence-corrected chi connectivity index (χ3v) is 2.84. The molecule has 1 aliphatic heterocycles. The van der Waals surface area contributed by atoms with Gasteiger partial charge in [-0.15, -0.1) is 0 Å². The van der Waals surface area contributed by atoms with Gasteiger partial charge in [-0.25, -0.2) is 0 Å². The SMILES string of the molecule is CC(=O)CC(=O)N1CC(C)CCC1C. The fourth-order valence-corrected chi connectivity index (χ4v) is 1.95. The molecule has 0 radical (unpaired) electrons. The van der Waals surface area contributed by atoms with Crippen LogP contribution < -0.4 is 0 Å². The molecule has 80 valence electrons. The molecule has 0 aromatic heterocycles. The molecule has 1 aliphatic rings. The van der Waals surface area contributed by atoms with E-state index in [0.29, 0.717) is 12.0 Å². The Morgan fingerprint density at radius 1 is 1.29 bits per heavy atom. The Labute approximate surface area is 85.5 Å². The lowest BCUT2D eigenvalue weighted by Crippen LogP contribution is -2.45. The second kappa shape index (κ2) is 4.58. The molecule has 1 amide bonds. The predicted octanol–water partition coefficient (Wildman–Crippen LogP) is 1.61. The summed E-state index contributed by atoms with van der Waals surface area (Å²) in [5.74, 6) is 0.527. The Morgan fingerprint density at radius 2 is 1.93 bits per heavy atom. The molecule has 1 fully saturated rings. The number of rotatable bonds is 2. The van der Waals surface area contributed by atoms with Crippen molar-refractivity contribution in [3.05, 3.63) is 0 Å². The molecule has 0 N–H and O–H groups in total. The van der Waals surface area contributed by atoms with Gasteiger partial charge in [0.1, 0.15) is 5.78 Å². The summed E-state index contributed by atoms with van der Waals surface area (Å²) in [5, 5.41) is 0. The van der Waals surface area contributed by atoms with Crippen molar-refractivity contribution in [3.8, 4) is 0 Å². The molecular weight excluding hydrogens is 178 g/mol. The first-order valence-electron chi connectivity index (χ1n) is 5.29. The van der Waals surface area contributed by atoms with Gasteiger partial charge in [0.25, 0.3) is 0 Å². The van der Waals surface area contributed by atoms with Crippen LogP contribution in [-0.2, 0) is 9.59 Å². The molecule has 0 spiro atoms. The Kier molecular flexibility index (Phi) is 3.67. The van der Waals surface area contributed by atoms with Crippen molar-refractivity contribution in [3.63, 3.8) is 0 Å². The van der Waals surface area contributed by atoms with E-state index in [-0.39, 0.29) is 18.1 Å². The molecular formula is C11H19NO2. The number of carbonyl (C=O) groups is 2. The van der Waals surface area contributed by atoms with Crippen molar-refractivity contribution >= 4 is 11.7 Å². The molecule has 0 aromatic rings. The first kappa shape index (κ1) is 11.2. The number of Topliss-reactive ketones (excluding diaryl/α,β-unsaturated/α-hetero) is 1. The zero-order valence-corrected chi connectivity index (χ0v) is 9.25. The number of nitrogens with zero attached hydrogens (tertiary/aromatic N) is 1. The van der Waals surface area contributed by atoms with Crippen molar-refractivity contribution in [2.45, 2.75) is 46.1 Å². The number of amides is 1. The van der Waals surface area contributed by atoms with Gasteiger partial charge in [0.15, 0.2) is 0 Å². The van der Waals surface area contributed by atoms with Crippen LogP contribution in [-0.4, -0.2) is 29.2 Å². The summed E-state index contributed by atoms with van der Waals surface area (Å²) in [7, 11) is 0. The maximum atomic E-state index is 11.7. The maximum Gasteiger partial charge on any atom is 0.230 e. The Hall–Kier alpha value is -0.860. The van der Waals surface area contributed by atoms with Gasteiger partial charge in [-0.3, -0.25) is 9.59 Å². The fourth-order valence-electron chi connectivity index (χ4n) is 1.95. The fraction of sp³-hybridized carbons (Fsp3) is 0.818. The van der Waals surface area contributed by atoms with Crippen LogP contribution in [0.25, 0.3) is 0 Å². The summed E-state index contributed by atoms with van der Waals surface area (Å²) in [6.45, 7) is 6.49. The number of carbonyl (C=O) groups excluding carboxylic acids is 2. The first-order valence-corrected chi connectivity index (χ1v) is 5.29. The van der Waals surface area contributed by atoms with E-state index < -0.39 is 0 Å². The minimum Gasteiger partial charge on any atom is -0.339 e. The first-order chi connectivity index (χ1) is 6.50. The molecule has 3 heteroatoms. The van der Waals surface area contributed by atoms with E-state index in [1.54, 1.807) is 0 Å². The number of piperidine rings is 1. The van der Waals surface area contributed by atoms with Crippen LogP contribution >= 0.6 is 0 Å². The number of likely N-dealkylation sites (tertiary alicyclic amines) is 1. The summed E-state index contributed by atoms with van der Waals surface area (Å²) in [5.41, 5.74) is 0. The lowest BCUT2D eigenvalue weighted by Gasteiger charge is -2.36.